The van der Waals surface area contributed by atoms with Gasteiger partial charge in [0, 0.05) is 45.8 Å². The monoisotopic (exact) mass is 229 g/mol. The molecule has 0 amide bonds. The van der Waals surface area contributed by atoms with Crippen LogP contribution in [0.1, 0.15) is 40.5 Å². The van der Waals surface area contributed by atoms with E-state index in [1.165, 1.54) is 0 Å². The van der Waals surface area contributed by atoms with Gasteiger partial charge in [-0.05, 0) is 12.3 Å². The Hall–Kier alpha value is -0.120. The summed E-state index contributed by atoms with van der Waals surface area (Å²) in [7, 11) is 1.81. The predicted octanol–water partition coefficient (Wildman–Crippen LogP) is 2.21. The molecule has 0 bridgehead atoms. The second-order valence-corrected chi connectivity index (χ2v) is 5.97. The molecule has 3 nitrogen and oxygen atoms in total. The smallest absolute Gasteiger partial charge is 0.0846 e. The van der Waals surface area contributed by atoms with Gasteiger partial charge in [-0.1, -0.05) is 20.8 Å². The van der Waals surface area contributed by atoms with Gasteiger partial charge < -0.3 is 14.8 Å². The van der Waals surface area contributed by atoms with E-state index < -0.39 is 0 Å². The fourth-order valence-electron chi connectivity index (χ4n) is 1.84. The molecule has 0 aromatic heterocycles. The van der Waals surface area contributed by atoms with Gasteiger partial charge in [-0.3, -0.25) is 0 Å². The second-order valence-electron chi connectivity index (χ2n) is 5.97. The Bertz CT molecular complexity index is 204. The number of nitrogens with one attached hydrogen (secondary N) is 1. The Morgan fingerprint density at radius 3 is 2.31 bits per heavy atom. The lowest BCUT2D eigenvalue weighted by Gasteiger charge is -2.38. The van der Waals surface area contributed by atoms with Crippen LogP contribution in [0.2, 0.25) is 0 Å². The quantitative estimate of drug-likeness (QED) is 0.801. The van der Waals surface area contributed by atoms with Gasteiger partial charge in [-0.15, -0.1) is 0 Å². The molecule has 96 valence electrons. The third-order valence-corrected chi connectivity index (χ3v) is 3.87. The number of methoxy groups -OCH3 is 1. The summed E-state index contributed by atoms with van der Waals surface area (Å²) in [6.07, 6.45) is 1.99. The molecule has 1 aliphatic rings. The summed E-state index contributed by atoms with van der Waals surface area (Å²) in [5, 5.41) is 3.60. The highest BCUT2D eigenvalue weighted by Crippen LogP contribution is 2.25. The van der Waals surface area contributed by atoms with Crippen molar-refractivity contribution in [3.05, 3.63) is 0 Å². The molecule has 1 rings (SSSR count). The van der Waals surface area contributed by atoms with Crippen molar-refractivity contribution >= 4 is 0 Å². The van der Waals surface area contributed by atoms with Gasteiger partial charge in [0.1, 0.15) is 0 Å². The molecule has 1 aliphatic heterocycles. The van der Waals surface area contributed by atoms with E-state index in [0.29, 0.717) is 11.5 Å². The van der Waals surface area contributed by atoms with Crippen LogP contribution in [-0.4, -0.2) is 38.5 Å². The van der Waals surface area contributed by atoms with Gasteiger partial charge in [0.25, 0.3) is 0 Å². The molecule has 0 spiro atoms. The molecule has 1 heterocycles. The number of rotatable bonds is 4. The van der Waals surface area contributed by atoms with Gasteiger partial charge in [0.2, 0.25) is 0 Å². The lowest BCUT2D eigenvalue weighted by molar-refractivity contribution is -0.0895. The predicted molar refractivity (Wildman–Crippen MR) is 66.7 cm³/mol. The topological polar surface area (TPSA) is 30.5 Å². The van der Waals surface area contributed by atoms with Crippen molar-refractivity contribution in [3.63, 3.8) is 0 Å². The summed E-state index contributed by atoms with van der Waals surface area (Å²) in [5.74, 6) is 0. The summed E-state index contributed by atoms with van der Waals surface area (Å²) in [4.78, 5) is 0. The lowest BCUT2D eigenvalue weighted by Crippen LogP contribution is -2.51. The first-order valence-electron chi connectivity index (χ1n) is 6.26. The Labute approximate surface area is 99.9 Å². The fraction of sp³-hybridized carbons (Fsp3) is 1.00. The molecule has 1 N–H and O–H groups in total. The Morgan fingerprint density at radius 2 is 1.88 bits per heavy atom. The van der Waals surface area contributed by atoms with Crippen LogP contribution >= 0.6 is 0 Å². The van der Waals surface area contributed by atoms with Crippen molar-refractivity contribution in [2.24, 2.45) is 5.41 Å². The van der Waals surface area contributed by atoms with E-state index in [0.717, 1.165) is 32.6 Å². The van der Waals surface area contributed by atoms with Crippen LogP contribution in [0, 0.1) is 5.41 Å². The van der Waals surface area contributed by atoms with E-state index in [1.807, 2.05) is 7.11 Å². The van der Waals surface area contributed by atoms with E-state index in [4.69, 9.17) is 9.47 Å². The first-order valence-corrected chi connectivity index (χ1v) is 6.26. The Kier molecular flexibility index (Phi) is 4.77. The van der Waals surface area contributed by atoms with E-state index in [9.17, 15) is 0 Å². The van der Waals surface area contributed by atoms with Crippen molar-refractivity contribution in [3.8, 4) is 0 Å². The minimum atomic E-state index is -0.0161. The Morgan fingerprint density at radius 1 is 1.31 bits per heavy atom. The largest absolute Gasteiger partial charge is 0.381 e. The zero-order valence-electron chi connectivity index (χ0n) is 11.4. The van der Waals surface area contributed by atoms with Crippen LogP contribution in [-0.2, 0) is 9.47 Å². The highest BCUT2D eigenvalue weighted by molar-refractivity contribution is 4.88. The van der Waals surface area contributed by atoms with Crippen LogP contribution in [0.3, 0.4) is 0 Å². The number of ether oxygens (including phenoxy) is 2. The van der Waals surface area contributed by atoms with Crippen molar-refractivity contribution < 1.29 is 9.47 Å². The first kappa shape index (κ1) is 13.9. The standard InChI is InChI=1S/C13H27NO2/c1-11(12(2,3)4)14-10-13(15-5)6-8-16-9-7-13/h11,14H,6-10H2,1-5H3. The maximum atomic E-state index is 5.70. The van der Waals surface area contributed by atoms with Crippen molar-refractivity contribution in [2.75, 3.05) is 26.9 Å². The van der Waals surface area contributed by atoms with Crippen LogP contribution in [0.25, 0.3) is 0 Å². The van der Waals surface area contributed by atoms with Crippen LogP contribution < -0.4 is 5.32 Å². The molecule has 1 fully saturated rings. The van der Waals surface area contributed by atoms with Crippen LogP contribution in [0.15, 0.2) is 0 Å². The lowest BCUT2D eigenvalue weighted by atomic mass is 9.86. The van der Waals surface area contributed by atoms with Crippen molar-refractivity contribution in [1.82, 2.24) is 5.32 Å². The summed E-state index contributed by atoms with van der Waals surface area (Å²) >= 11 is 0. The SMILES string of the molecule is COC1(CNC(C)C(C)(C)C)CCOCC1. The zero-order valence-corrected chi connectivity index (χ0v) is 11.4. The highest BCUT2D eigenvalue weighted by atomic mass is 16.5. The molecular formula is C13H27NO2. The Balaban J connectivity index is 2.45. The van der Waals surface area contributed by atoms with E-state index in [2.05, 4.69) is 33.0 Å². The average Bonchev–Trinajstić information content (AvgIpc) is 2.26. The molecule has 0 aliphatic carbocycles. The highest BCUT2D eigenvalue weighted by Gasteiger charge is 2.33. The number of hydrogen-bond acceptors (Lipinski definition) is 3. The van der Waals surface area contributed by atoms with E-state index >= 15 is 0 Å². The molecule has 0 radical (unpaired) electrons. The third kappa shape index (κ3) is 3.72. The molecule has 1 saturated heterocycles. The second kappa shape index (κ2) is 5.48. The average molecular weight is 229 g/mol. The van der Waals surface area contributed by atoms with Crippen molar-refractivity contribution in [1.29, 1.82) is 0 Å². The minimum Gasteiger partial charge on any atom is -0.381 e. The zero-order chi connectivity index (χ0) is 12.2. The van der Waals surface area contributed by atoms with Gasteiger partial charge in [-0.2, -0.15) is 0 Å². The molecule has 16 heavy (non-hydrogen) atoms. The van der Waals surface area contributed by atoms with Gasteiger partial charge in [-0.25, -0.2) is 0 Å². The van der Waals surface area contributed by atoms with Crippen LogP contribution in [0.4, 0.5) is 0 Å². The summed E-state index contributed by atoms with van der Waals surface area (Å²) in [5.41, 5.74) is 0.276. The molecule has 0 saturated carbocycles. The molecule has 3 heteroatoms. The van der Waals surface area contributed by atoms with Gasteiger partial charge >= 0.3 is 0 Å². The first-order chi connectivity index (χ1) is 7.40. The normalized spacial score (nSPS) is 23.1. The maximum Gasteiger partial charge on any atom is 0.0846 e. The molecule has 1 atom stereocenters. The molecule has 0 aromatic rings. The summed E-state index contributed by atoms with van der Waals surface area (Å²) < 4.78 is 11.1. The van der Waals surface area contributed by atoms with Crippen LogP contribution in [0.5, 0.6) is 0 Å². The molecule has 0 aromatic carbocycles. The third-order valence-electron chi connectivity index (χ3n) is 3.87. The van der Waals surface area contributed by atoms with Crippen molar-refractivity contribution in [2.45, 2.75) is 52.2 Å². The number of hydrogen-bond donors (Lipinski definition) is 1. The fourth-order valence-corrected chi connectivity index (χ4v) is 1.84. The molecular weight excluding hydrogens is 202 g/mol. The molecule has 1 unspecified atom stereocenters. The summed E-state index contributed by atoms with van der Waals surface area (Å²) in [6.45, 7) is 11.6. The van der Waals surface area contributed by atoms with E-state index in [-0.39, 0.29) is 5.60 Å². The van der Waals surface area contributed by atoms with E-state index in [1.54, 1.807) is 0 Å². The maximum absolute atomic E-state index is 5.70. The van der Waals surface area contributed by atoms with Gasteiger partial charge in [0.15, 0.2) is 0 Å². The van der Waals surface area contributed by atoms with Gasteiger partial charge in [0.05, 0.1) is 5.60 Å². The summed E-state index contributed by atoms with van der Waals surface area (Å²) in [6, 6.07) is 0.488. The minimum absolute atomic E-state index is 0.0161.